The average molecular weight is 936 g/mol. The minimum Gasteiger partial charge on any atom is -0.307 e. The normalized spacial score (nSPS) is 14.4. The van der Waals surface area contributed by atoms with Crippen LogP contribution in [0.4, 0.5) is 0 Å². The molecule has 0 aliphatic carbocycles. The van der Waals surface area contributed by atoms with Crippen LogP contribution >= 0.6 is 45.5 Å². The topological polar surface area (TPSA) is 35.5 Å². The van der Waals surface area contributed by atoms with Gasteiger partial charge in [0.25, 0.3) is 0 Å². The Balaban J connectivity index is 4.43. The van der Waals surface area contributed by atoms with E-state index in [0.717, 1.165) is 38.5 Å². The molecule has 0 aliphatic heterocycles. The van der Waals surface area contributed by atoms with E-state index in [1.165, 1.54) is 250 Å². The van der Waals surface area contributed by atoms with Crippen LogP contribution in [0.3, 0.4) is 0 Å². The van der Waals surface area contributed by atoms with Crippen LogP contribution in [0.5, 0.6) is 0 Å². The number of unbranched alkanes of at least 4 members (excludes halogenated alkanes) is 39. The van der Waals surface area contributed by atoms with Gasteiger partial charge in [-0.15, -0.1) is 0 Å². The quantitative estimate of drug-likeness (QED) is 0.0323. The predicted molar refractivity (Wildman–Crippen MR) is 287 cm³/mol. The van der Waals surface area contributed by atoms with E-state index in [1.54, 1.807) is 0 Å². The highest BCUT2D eigenvalue weighted by Gasteiger charge is 2.29. The summed E-state index contributed by atoms with van der Waals surface area (Å²) in [5.74, 6) is 0. The Morgan fingerprint density at radius 2 is 0.475 bits per heavy atom. The van der Waals surface area contributed by atoms with Crippen LogP contribution in [0.15, 0.2) is 0 Å². The first-order chi connectivity index (χ1) is 29.9. The molecule has 3 atom stereocenters. The van der Waals surface area contributed by atoms with Crippen molar-refractivity contribution in [2.45, 2.75) is 325 Å². The summed E-state index contributed by atoms with van der Waals surface area (Å²) in [5, 5.41) is 0.193. The average Bonchev–Trinajstić information content (AvgIpc) is 3.25. The van der Waals surface area contributed by atoms with Gasteiger partial charge >= 0.3 is 7.60 Å². The van der Waals surface area contributed by atoms with E-state index in [0.29, 0.717) is 19.4 Å². The lowest BCUT2D eigenvalue weighted by Crippen LogP contribution is -2.17. The monoisotopic (exact) mass is 935 g/mol. The van der Waals surface area contributed by atoms with E-state index in [2.05, 4.69) is 20.8 Å². The zero-order valence-corrected chi connectivity index (χ0v) is 45.3. The molecule has 0 saturated heterocycles. The molecule has 0 aromatic heterocycles. The van der Waals surface area contributed by atoms with Crippen molar-refractivity contribution in [2.24, 2.45) is 0 Å². The minimum atomic E-state index is -3.29. The van der Waals surface area contributed by atoms with Gasteiger partial charge in [-0.25, -0.2) is 0 Å². The summed E-state index contributed by atoms with van der Waals surface area (Å²) >= 11 is 14.7. The summed E-state index contributed by atoms with van der Waals surface area (Å²) in [6.07, 6.45) is 60.6. The highest BCUT2D eigenvalue weighted by atomic mass is 32.1. The third kappa shape index (κ3) is 48.9. The van der Waals surface area contributed by atoms with Gasteiger partial charge in [0.15, 0.2) is 0 Å². The van der Waals surface area contributed by atoms with Crippen LogP contribution in [-0.2, 0) is 13.6 Å². The van der Waals surface area contributed by atoms with E-state index < -0.39 is 7.60 Å². The predicted octanol–water partition coefficient (Wildman–Crippen LogP) is 20.7. The van der Waals surface area contributed by atoms with Crippen molar-refractivity contribution < 1.29 is 13.6 Å². The molecule has 0 amide bonds. The Labute approximate surface area is 401 Å². The Kier molecular flexibility index (Phi) is 51.6. The van der Waals surface area contributed by atoms with E-state index in [-0.39, 0.29) is 15.7 Å². The molecule has 0 aliphatic rings. The Morgan fingerprint density at radius 1 is 0.295 bits per heavy atom. The summed E-state index contributed by atoms with van der Waals surface area (Å²) in [6.45, 7) is 7.65. The second-order valence-corrected chi connectivity index (χ2v) is 23.8. The summed E-state index contributed by atoms with van der Waals surface area (Å²) < 4.78 is 26.6. The standard InChI is InChI=1S/C54H111O3PS3/c1-4-7-10-13-16-19-22-25-28-31-34-37-40-43-46-52(59)49-56-58(55,51-54(61)48-45-42-39-36-33-30-27-24-21-18-15-12-9-6-3)57-50-53(60)47-44-41-38-35-32-29-26-23-20-17-14-11-8-5-2/h52-54,59-61H,4-51H2,1-3H3. The Bertz CT molecular complexity index is 832. The first kappa shape index (κ1) is 62.2. The van der Waals surface area contributed by atoms with Gasteiger partial charge in [0.05, 0.1) is 19.4 Å². The molecule has 0 spiro atoms. The van der Waals surface area contributed by atoms with E-state index in [4.69, 9.17) is 46.9 Å². The van der Waals surface area contributed by atoms with Crippen LogP contribution < -0.4 is 0 Å². The maximum Gasteiger partial charge on any atom is 0.331 e. The fourth-order valence-electron chi connectivity index (χ4n) is 8.78. The van der Waals surface area contributed by atoms with Gasteiger partial charge in [0.1, 0.15) is 0 Å². The number of hydrogen-bond acceptors (Lipinski definition) is 6. The maximum absolute atomic E-state index is 14.2. The first-order valence-electron chi connectivity index (χ1n) is 27.8. The first-order valence-corrected chi connectivity index (χ1v) is 31.1. The van der Waals surface area contributed by atoms with Crippen molar-refractivity contribution in [3.05, 3.63) is 0 Å². The van der Waals surface area contributed by atoms with Gasteiger partial charge in [-0.05, 0) is 19.3 Å². The Hall–Kier alpha value is 1.20. The third-order valence-corrected chi connectivity index (χ3v) is 16.6. The lowest BCUT2D eigenvalue weighted by atomic mass is 10.0. The largest absolute Gasteiger partial charge is 0.331 e. The summed E-state index contributed by atoms with van der Waals surface area (Å²) in [4.78, 5) is 0. The van der Waals surface area contributed by atoms with Gasteiger partial charge in [-0.1, -0.05) is 290 Å². The highest BCUT2D eigenvalue weighted by molar-refractivity contribution is 7.81. The van der Waals surface area contributed by atoms with Crippen molar-refractivity contribution in [3.63, 3.8) is 0 Å². The molecule has 3 unspecified atom stereocenters. The summed E-state index contributed by atoms with van der Waals surface area (Å²) in [6, 6.07) is 0. The molecule has 0 bridgehead atoms. The van der Waals surface area contributed by atoms with Gasteiger partial charge in [0, 0.05) is 15.7 Å². The summed E-state index contributed by atoms with van der Waals surface area (Å²) in [5.41, 5.74) is 0. The van der Waals surface area contributed by atoms with Crippen molar-refractivity contribution in [3.8, 4) is 0 Å². The number of thiol groups is 3. The van der Waals surface area contributed by atoms with E-state index in [1.807, 2.05) is 0 Å². The number of rotatable bonds is 53. The fraction of sp³-hybridized carbons (Fsp3) is 1.00. The molecule has 0 saturated carbocycles. The molecule has 61 heavy (non-hydrogen) atoms. The molecule has 7 heteroatoms. The molecule has 0 aromatic rings. The Morgan fingerprint density at radius 3 is 0.689 bits per heavy atom. The van der Waals surface area contributed by atoms with Gasteiger partial charge in [0.2, 0.25) is 0 Å². The smallest absolute Gasteiger partial charge is 0.307 e. The molecule has 0 radical (unpaired) electrons. The fourth-order valence-corrected chi connectivity index (χ4v) is 12.1. The van der Waals surface area contributed by atoms with Gasteiger partial charge in [-0.3, -0.25) is 4.57 Å². The van der Waals surface area contributed by atoms with Crippen LogP contribution in [-0.4, -0.2) is 35.1 Å². The number of hydrogen-bond donors (Lipinski definition) is 3. The van der Waals surface area contributed by atoms with Crippen LogP contribution in [0.25, 0.3) is 0 Å². The molecule has 368 valence electrons. The second kappa shape index (κ2) is 50.6. The van der Waals surface area contributed by atoms with E-state index >= 15 is 0 Å². The minimum absolute atomic E-state index is 0.0245. The SMILES string of the molecule is CCCCCCCCCCCCCCCCC(S)COP(=O)(CC(S)CCCCCCCCCCCCCCCC)OCC(S)CCCCCCCCCCCCCCCC. The molecule has 0 rings (SSSR count). The molecule has 3 nitrogen and oxygen atoms in total. The molecule has 0 N–H and O–H groups in total. The van der Waals surface area contributed by atoms with Crippen molar-refractivity contribution >= 4 is 45.5 Å². The van der Waals surface area contributed by atoms with Gasteiger partial charge in [-0.2, -0.15) is 37.9 Å². The van der Waals surface area contributed by atoms with Crippen molar-refractivity contribution in [2.75, 3.05) is 19.4 Å². The summed E-state index contributed by atoms with van der Waals surface area (Å²) in [7, 11) is -3.29. The zero-order chi connectivity index (χ0) is 44.6. The lowest BCUT2D eigenvalue weighted by Gasteiger charge is -2.24. The van der Waals surface area contributed by atoms with Crippen molar-refractivity contribution in [1.29, 1.82) is 0 Å². The highest BCUT2D eigenvalue weighted by Crippen LogP contribution is 2.50. The van der Waals surface area contributed by atoms with Gasteiger partial charge < -0.3 is 9.05 Å². The van der Waals surface area contributed by atoms with E-state index in [9.17, 15) is 4.57 Å². The second-order valence-electron chi connectivity index (χ2n) is 19.5. The lowest BCUT2D eigenvalue weighted by molar-refractivity contribution is 0.202. The van der Waals surface area contributed by atoms with Crippen LogP contribution in [0.1, 0.15) is 310 Å². The third-order valence-electron chi connectivity index (χ3n) is 13.0. The zero-order valence-electron chi connectivity index (χ0n) is 41.7. The molecular formula is C54H111O3PS3. The molecule has 0 fully saturated rings. The molecule has 0 aromatic carbocycles. The van der Waals surface area contributed by atoms with Crippen LogP contribution in [0, 0.1) is 0 Å². The van der Waals surface area contributed by atoms with Crippen molar-refractivity contribution in [1.82, 2.24) is 0 Å². The van der Waals surface area contributed by atoms with Crippen LogP contribution in [0.2, 0.25) is 0 Å². The molecular weight excluding hydrogens is 824 g/mol. The molecule has 0 heterocycles. The maximum atomic E-state index is 14.2.